The third-order valence-corrected chi connectivity index (χ3v) is 5.17. The number of hydrogen-bond acceptors (Lipinski definition) is 3. The topological polar surface area (TPSA) is 32.8 Å². The first kappa shape index (κ1) is 17.0. The van der Waals surface area contributed by atoms with Crippen molar-refractivity contribution in [2.45, 2.75) is 24.9 Å². The number of ether oxygens (including phenoxy) is 1. The number of benzene rings is 2. The molecular formula is C21H23FN2O2. The first-order chi connectivity index (χ1) is 12.7. The third-order valence-electron chi connectivity index (χ3n) is 5.17. The summed E-state index contributed by atoms with van der Waals surface area (Å²) in [5.74, 6) is -0.426. The fraction of sp³-hybridized carbons (Fsp3) is 0.381. The van der Waals surface area contributed by atoms with Gasteiger partial charge in [0.05, 0.1) is 6.04 Å². The number of para-hydroxylation sites is 1. The number of amides is 1. The lowest BCUT2D eigenvalue weighted by molar-refractivity contribution is -0.138. The molecule has 1 heterocycles. The van der Waals surface area contributed by atoms with E-state index in [1.54, 1.807) is 18.2 Å². The molecule has 0 radical (unpaired) electrons. The van der Waals surface area contributed by atoms with E-state index < -0.39 is 5.82 Å². The molecule has 26 heavy (non-hydrogen) atoms. The molecule has 5 heteroatoms. The molecule has 0 bridgehead atoms. The Kier molecular flexibility index (Phi) is 4.89. The van der Waals surface area contributed by atoms with Crippen LogP contribution in [0.15, 0.2) is 54.6 Å². The number of piperazine rings is 1. The highest BCUT2D eigenvalue weighted by molar-refractivity contribution is 5.78. The molecule has 4 nitrogen and oxygen atoms in total. The van der Waals surface area contributed by atoms with Gasteiger partial charge >= 0.3 is 0 Å². The van der Waals surface area contributed by atoms with Crippen molar-refractivity contribution in [2.75, 3.05) is 26.2 Å². The van der Waals surface area contributed by atoms with Gasteiger partial charge in [0.15, 0.2) is 18.2 Å². The maximum Gasteiger partial charge on any atom is 0.261 e. The van der Waals surface area contributed by atoms with Crippen LogP contribution in [0.4, 0.5) is 4.39 Å². The second kappa shape index (κ2) is 7.46. The second-order valence-electron chi connectivity index (χ2n) is 6.96. The Labute approximate surface area is 153 Å². The van der Waals surface area contributed by atoms with Gasteiger partial charge in [-0.05, 0) is 30.5 Å². The van der Waals surface area contributed by atoms with Crippen LogP contribution >= 0.6 is 0 Å². The van der Waals surface area contributed by atoms with Crippen LogP contribution in [0.1, 0.15) is 24.4 Å². The van der Waals surface area contributed by atoms with E-state index in [1.165, 1.54) is 18.9 Å². The summed E-state index contributed by atoms with van der Waals surface area (Å²) in [7, 11) is 0. The first-order valence-corrected chi connectivity index (χ1v) is 9.18. The van der Waals surface area contributed by atoms with Gasteiger partial charge < -0.3 is 9.64 Å². The predicted octanol–water partition coefficient (Wildman–Crippen LogP) is 3.25. The molecule has 1 amide bonds. The van der Waals surface area contributed by atoms with E-state index in [0.717, 1.165) is 18.7 Å². The second-order valence-corrected chi connectivity index (χ2v) is 6.96. The SMILES string of the molecule is O=C(COc1ccccc1F)N1CCN(C2CC2)CC1c1ccccc1. The summed E-state index contributed by atoms with van der Waals surface area (Å²) in [6.45, 7) is 2.27. The minimum absolute atomic E-state index is 0.0160. The number of nitrogens with zero attached hydrogens (tertiary/aromatic N) is 2. The highest BCUT2D eigenvalue weighted by Gasteiger charge is 2.37. The van der Waals surface area contributed by atoms with E-state index in [1.807, 2.05) is 23.1 Å². The van der Waals surface area contributed by atoms with Crippen LogP contribution in [-0.2, 0) is 4.79 Å². The van der Waals surface area contributed by atoms with E-state index in [0.29, 0.717) is 12.6 Å². The molecule has 0 aromatic heterocycles. The molecule has 1 aliphatic carbocycles. The number of hydrogen-bond donors (Lipinski definition) is 0. The molecule has 1 saturated heterocycles. The Morgan fingerprint density at radius 3 is 2.50 bits per heavy atom. The highest BCUT2D eigenvalue weighted by atomic mass is 19.1. The number of rotatable bonds is 5. The summed E-state index contributed by atoms with van der Waals surface area (Å²) < 4.78 is 19.2. The molecule has 4 rings (SSSR count). The molecule has 2 aliphatic rings. The molecule has 2 fully saturated rings. The first-order valence-electron chi connectivity index (χ1n) is 9.18. The molecule has 1 unspecified atom stereocenters. The summed E-state index contributed by atoms with van der Waals surface area (Å²) in [4.78, 5) is 17.2. The van der Waals surface area contributed by atoms with Crippen molar-refractivity contribution in [1.82, 2.24) is 9.80 Å². The standard InChI is InChI=1S/C21H23FN2O2/c22-18-8-4-5-9-20(18)26-15-21(25)24-13-12-23(17-10-11-17)14-19(24)16-6-2-1-3-7-16/h1-9,17,19H,10-15H2. The maximum atomic E-state index is 13.7. The van der Waals surface area contributed by atoms with Crippen molar-refractivity contribution in [2.24, 2.45) is 0 Å². The van der Waals surface area contributed by atoms with Crippen LogP contribution in [-0.4, -0.2) is 48.0 Å². The van der Waals surface area contributed by atoms with Crippen LogP contribution in [0.5, 0.6) is 5.75 Å². The number of carbonyl (C=O) groups excluding carboxylic acids is 1. The Morgan fingerprint density at radius 1 is 1.04 bits per heavy atom. The van der Waals surface area contributed by atoms with Gasteiger partial charge in [-0.15, -0.1) is 0 Å². The predicted molar refractivity (Wildman–Crippen MR) is 97.4 cm³/mol. The van der Waals surface area contributed by atoms with Gasteiger partial charge in [-0.2, -0.15) is 0 Å². The number of carbonyl (C=O) groups is 1. The van der Waals surface area contributed by atoms with Crippen LogP contribution in [0, 0.1) is 5.82 Å². The lowest BCUT2D eigenvalue weighted by Gasteiger charge is -2.42. The molecule has 2 aromatic rings. The lowest BCUT2D eigenvalue weighted by atomic mass is 10.0. The zero-order chi connectivity index (χ0) is 17.9. The van der Waals surface area contributed by atoms with Crippen molar-refractivity contribution in [1.29, 1.82) is 0 Å². The minimum atomic E-state index is -0.446. The lowest BCUT2D eigenvalue weighted by Crippen LogP contribution is -2.52. The summed E-state index contributed by atoms with van der Waals surface area (Å²) >= 11 is 0. The Balaban J connectivity index is 1.47. The summed E-state index contributed by atoms with van der Waals surface area (Å²) in [6.07, 6.45) is 2.51. The molecule has 2 aromatic carbocycles. The van der Waals surface area contributed by atoms with Crippen LogP contribution in [0.25, 0.3) is 0 Å². The van der Waals surface area contributed by atoms with Crippen LogP contribution in [0.3, 0.4) is 0 Å². The number of halogens is 1. The van der Waals surface area contributed by atoms with Crippen molar-refractivity contribution < 1.29 is 13.9 Å². The van der Waals surface area contributed by atoms with Gasteiger partial charge in [0.25, 0.3) is 5.91 Å². The van der Waals surface area contributed by atoms with Crippen LogP contribution < -0.4 is 4.74 Å². The molecule has 0 N–H and O–H groups in total. The quantitative estimate of drug-likeness (QED) is 0.826. The largest absolute Gasteiger partial charge is 0.481 e. The molecule has 0 spiro atoms. The Morgan fingerprint density at radius 2 is 1.77 bits per heavy atom. The van der Waals surface area contributed by atoms with Gasteiger partial charge in [-0.1, -0.05) is 42.5 Å². The monoisotopic (exact) mass is 354 g/mol. The fourth-order valence-corrected chi connectivity index (χ4v) is 3.62. The van der Waals surface area contributed by atoms with Crippen LogP contribution in [0.2, 0.25) is 0 Å². The summed E-state index contributed by atoms with van der Waals surface area (Å²) in [5.41, 5.74) is 1.14. The Bertz CT molecular complexity index is 764. The van der Waals surface area contributed by atoms with E-state index in [4.69, 9.17) is 4.74 Å². The summed E-state index contributed by atoms with van der Waals surface area (Å²) in [5, 5.41) is 0. The molecule has 1 saturated carbocycles. The normalized spacial score (nSPS) is 20.8. The highest BCUT2D eigenvalue weighted by Crippen LogP contribution is 2.33. The van der Waals surface area contributed by atoms with Gasteiger partial charge in [-0.25, -0.2) is 4.39 Å². The average Bonchev–Trinajstić information content (AvgIpc) is 3.53. The fourth-order valence-electron chi connectivity index (χ4n) is 3.62. The van der Waals surface area contributed by atoms with Crippen molar-refractivity contribution in [3.8, 4) is 5.75 Å². The van der Waals surface area contributed by atoms with Gasteiger partial charge in [0, 0.05) is 25.7 Å². The van der Waals surface area contributed by atoms with E-state index >= 15 is 0 Å². The van der Waals surface area contributed by atoms with E-state index in [-0.39, 0.29) is 24.3 Å². The Hall–Kier alpha value is -2.40. The molecule has 1 aliphatic heterocycles. The maximum absolute atomic E-state index is 13.7. The van der Waals surface area contributed by atoms with Gasteiger partial charge in [-0.3, -0.25) is 9.69 Å². The van der Waals surface area contributed by atoms with E-state index in [9.17, 15) is 9.18 Å². The summed E-state index contributed by atoms with van der Waals surface area (Å²) in [6, 6.07) is 17.0. The smallest absolute Gasteiger partial charge is 0.261 e. The van der Waals surface area contributed by atoms with Crippen molar-refractivity contribution >= 4 is 5.91 Å². The molecular weight excluding hydrogens is 331 g/mol. The molecule has 136 valence electrons. The third kappa shape index (κ3) is 3.73. The minimum Gasteiger partial charge on any atom is -0.481 e. The van der Waals surface area contributed by atoms with Gasteiger partial charge in [0.1, 0.15) is 0 Å². The van der Waals surface area contributed by atoms with Crippen molar-refractivity contribution in [3.05, 3.63) is 66.0 Å². The van der Waals surface area contributed by atoms with Gasteiger partial charge in [0.2, 0.25) is 0 Å². The van der Waals surface area contributed by atoms with E-state index in [2.05, 4.69) is 17.0 Å². The molecule has 1 atom stereocenters. The average molecular weight is 354 g/mol. The zero-order valence-electron chi connectivity index (χ0n) is 14.7. The van der Waals surface area contributed by atoms with Crippen molar-refractivity contribution in [3.63, 3.8) is 0 Å². The zero-order valence-corrected chi connectivity index (χ0v) is 14.7.